The van der Waals surface area contributed by atoms with Crippen LogP contribution in [0.3, 0.4) is 0 Å². The molecule has 1 N–H and O–H groups in total. The van der Waals surface area contributed by atoms with Gasteiger partial charge >= 0.3 is 0 Å². The Labute approximate surface area is 67.9 Å². The molecule has 0 aromatic rings. The van der Waals surface area contributed by atoms with Crippen LogP contribution in [0.2, 0.25) is 0 Å². The first-order valence-electron chi connectivity index (χ1n) is 3.93. The molecule has 0 fully saturated rings. The molecule has 11 heavy (non-hydrogen) atoms. The van der Waals surface area contributed by atoms with Crippen LogP contribution in [0, 0.1) is 5.41 Å². The maximum absolute atomic E-state index is 8.99. The maximum atomic E-state index is 8.99. The van der Waals surface area contributed by atoms with Crippen molar-refractivity contribution in [3.8, 4) is 0 Å². The highest BCUT2D eigenvalue weighted by Crippen LogP contribution is 2.28. The van der Waals surface area contributed by atoms with Crippen LogP contribution in [-0.2, 0) is 4.74 Å². The fraction of sp³-hybridized carbons (Fsp3) is 0.778. The summed E-state index contributed by atoms with van der Waals surface area (Å²) in [6.45, 7) is 6.77. The topological polar surface area (TPSA) is 29.5 Å². The van der Waals surface area contributed by atoms with Crippen LogP contribution in [0.25, 0.3) is 0 Å². The van der Waals surface area contributed by atoms with Crippen molar-refractivity contribution in [2.75, 3.05) is 13.2 Å². The molecule has 0 saturated heterocycles. The summed E-state index contributed by atoms with van der Waals surface area (Å²) in [6.07, 6.45) is 4.04. The van der Waals surface area contributed by atoms with E-state index in [0.717, 1.165) is 0 Å². The Kier molecular flexibility index (Phi) is 2.08. The lowest BCUT2D eigenvalue weighted by Gasteiger charge is -2.34. The molecule has 1 rings (SSSR count). The van der Waals surface area contributed by atoms with Crippen LogP contribution in [0.1, 0.15) is 20.8 Å². The minimum atomic E-state index is -0.171. The minimum Gasteiger partial charge on any atom is -0.395 e. The predicted molar refractivity (Wildman–Crippen MR) is 44.4 cm³/mol. The van der Waals surface area contributed by atoms with E-state index in [1.165, 1.54) is 0 Å². The molecule has 0 saturated carbocycles. The lowest BCUT2D eigenvalue weighted by atomic mass is 9.87. The fourth-order valence-corrected chi connectivity index (χ4v) is 0.947. The third kappa shape index (κ3) is 2.04. The van der Waals surface area contributed by atoms with Gasteiger partial charge in [0.15, 0.2) is 0 Å². The zero-order valence-corrected chi connectivity index (χ0v) is 7.42. The van der Waals surface area contributed by atoms with Crippen molar-refractivity contribution < 1.29 is 9.84 Å². The molecule has 0 amide bonds. The summed E-state index contributed by atoms with van der Waals surface area (Å²) in [7, 11) is 0. The van der Waals surface area contributed by atoms with Gasteiger partial charge in [0.2, 0.25) is 0 Å². The first kappa shape index (κ1) is 8.75. The van der Waals surface area contributed by atoms with Gasteiger partial charge < -0.3 is 9.84 Å². The Balaban J connectivity index is 2.70. The third-order valence-electron chi connectivity index (χ3n) is 2.02. The Hall–Kier alpha value is -0.340. The van der Waals surface area contributed by atoms with E-state index in [0.29, 0.717) is 6.61 Å². The number of hydrogen-bond acceptors (Lipinski definition) is 2. The molecule has 1 atom stereocenters. The summed E-state index contributed by atoms with van der Waals surface area (Å²) < 4.78 is 5.52. The zero-order chi connectivity index (χ0) is 8.54. The molecule has 1 unspecified atom stereocenters. The van der Waals surface area contributed by atoms with Gasteiger partial charge in [-0.3, -0.25) is 0 Å². The summed E-state index contributed by atoms with van der Waals surface area (Å²) >= 11 is 0. The molecule has 2 nitrogen and oxygen atoms in total. The van der Waals surface area contributed by atoms with Gasteiger partial charge in [-0.2, -0.15) is 0 Å². The van der Waals surface area contributed by atoms with Gasteiger partial charge in [0.05, 0.1) is 18.8 Å². The Morgan fingerprint density at radius 1 is 1.36 bits per heavy atom. The zero-order valence-electron chi connectivity index (χ0n) is 7.42. The predicted octanol–water partition coefficient (Wildman–Crippen LogP) is 1.35. The van der Waals surface area contributed by atoms with Crippen LogP contribution in [0.4, 0.5) is 0 Å². The summed E-state index contributed by atoms with van der Waals surface area (Å²) in [5, 5.41) is 8.99. The number of hydrogen-bond donors (Lipinski definition) is 1. The number of rotatable bonds is 1. The highest BCUT2D eigenvalue weighted by Gasteiger charge is 2.29. The van der Waals surface area contributed by atoms with E-state index in [1.807, 2.05) is 32.9 Å². The van der Waals surface area contributed by atoms with E-state index < -0.39 is 0 Å². The van der Waals surface area contributed by atoms with Crippen molar-refractivity contribution in [2.24, 2.45) is 5.41 Å². The van der Waals surface area contributed by atoms with Gasteiger partial charge in [-0.15, -0.1) is 0 Å². The molecule has 0 radical (unpaired) electrons. The van der Waals surface area contributed by atoms with Crippen LogP contribution in [-0.4, -0.2) is 23.9 Å². The van der Waals surface area contributed by atoms with Gasteiger partial charge in [0.1, 0.15) is 0 Å². The molecule has 0 bridgehead atoms. The van der Waals surface area contributed by atoms with Gasteiger partial charge in [-0.25, -0.2) is 0 Å². The second-order valence-electron chi connectivity index (χ2n) is 4.04. The van der Waals surface area contributed by atoms with Gasteiger partial charge in [-0.1, -0.05) is 19.1 Å². The van der Waals surface area contributed by atoms with Crippen molar-refractivity contribution in [1.29, 1.82) is 0 Å². The van der Waals surface area contributed by atoms with E-state index in [-0.39, 0.29) is 17.6 Å². The monoisotopic (exact) mass is 156 g/mol. The molecule has 64 valence electrons. The van der Waals surface area contributed by atoms with Gasteiger partial charge in [0.25, 0.3) is 0 Å². The van der Waals surface area contributed by atoms with Crippen molar-refractivity contribution >= 4 is 0 Å². The summed E-state index contributed by atoms with van der Waals surface area (Å²) in [5.41, 5.74) is -0.329. The van der Waals surface area contributed by atoms with E-state index in [2.05, 4.69) is 0 Å². The lowest BCUT2D eigenvalue weighted by Crippen LogP contribution is -2.36. The van der Waals surface area contributed by atoms with Crippen LogP contribution in [0.15, 0.2) is 12.2 Å². The van der Waals surface area contributed by atoms with Gasteiger partial charge in [-0.05, 0) is 13.8 Å². The number of aliphatic hydroxyl groups is 1. The fourth-order valence-electron chi connectivity index (χ4n) is 0.947. The molecule has 0 spiro atoms. The highest BCUT2D eigenvalue weighted by molar-refractivity contribution is 5.08. The second kappa shape index (κ2) is 2.61. The first-order valence-corrected chi connectivity index (χ1v) is 3.93. The Morgan fingerprint density at radius 3 is 2.36 bits per heavy atom. The summed E-state index contributed by atoms with van der Waals surface area (Å²) in [4.78, 5) is 0. The number of ether oxygens (including phenoxy) is 1. The normalized spacial score (nSPS) is 35.6. The molecule has 0 aromatic heterocycles. The van der Waals surface area contributed by atoms with E-state index in [9.17, 15) is 0 Å². The first-order chi connectivity index (χ1) is 4.97. The maximum Gasteiger partial charge on any atom is 0.0807 e. The Bertz CT molecular complexity index is 172. The average molecular weight is 156 g/mol. The molecular weight excluding hydrogens is 140 g/mol. The number of aliphatic hydroxyl groups excluding tert-OH is 1. The largest absolute Gasteiger partial charge is 0.395 e. The van der Waals surface area contributed by atoms with E-state index >= 15 is 0 Å². The summed E-state index contributed by atoms with van der Waals surface area (Å²) in [6, 6.07) is 0. The molecular formula is C9H16O2. The second-order valence-corrected chi connectivity index (χ2v) is 4.04. The van der Waals surface area contributed by atoms with Crippen molar-refractivity contribution in [1.82, 2.24) is 0 Å². The SMILES string of the molecule is CC1(CO)C=CC(C)(C)OC1. The smallest absolute Gasteiger partial charge is 0.0807 e. The van der Waals surface area contributed by atoms with Gasteiger partial charge in [0, 0.05) is 5.41 Å². The molecule has 1 heterocycles. The van der Waals surface area contributed by atoms with Crippen LogP contribution in [0.5, 0.6) is 0 Å². The van der Waals surface area contributed by atoms with E-state index in [4.69, 9.17) is 9.84 Å². The van der Waals surface area contributed by atoms with Crippen molar-refractivity contribution in [3.63, 3.8) is 0 Å². The third-order valence-corrected chi connectivity index (χ3v) is 2.02. The molecule has 0 aromatic carbocycles. The van der Waals surface area contributed by atoms with Crippen LogP contribution < -0.4 is 0 Å². The van der Waals surface area contributed by atoms with Crippen molar-refractivity contribution in [3.05, 3.63) is 12.2 Å². The standard InChI is InChI=1S/C9H16O2/c1-8(2)4-5-9(3,6-10)7-11-8/h4-5,10H,6-7H2,1-3H3. The molecule has 0 aliphatic carbocycles. The average Bonchev–Trinajstić information content (AvgIpc) is 1.97. The summed E-state index contributed by atoms with van der Waals surface area (Å²) in [5.74, 6) is 0. The Morgan fingerprint density at radius 2 is 2.00 bits per heavy atom. The molecule has 1 aliphatic heterocycles. The van der Waals surface area contributed by atoms with Crippen molar-refractivity contribution in [2.45, 2.75) is 26.4 Å². The minimum absolute atomic E-state index is 0.152. The molecule has 1 aliphatic rings. The lowest BCUT2D eigenvalue weighted by molar-refractivity contribution is -0.0446. The highest BCUT2D eigenvalue weighted by atomic mass is 16.5. The van der Waals surface area contributed by atoms with Crippen LogP contribution >= 0.6 is 0 Å². The quantitative estimate of drug-likeness (QED) is 0.581. The van der Waals surface area contributed by atoms with E-state index in [1.54, 1.807) is 0 Å². The molecule has 2 heteroatoms.